The van der Waals surface area contributed by atoms with Crippen molar-refractivity contribution < 1.29 is 19.1 Å². The van der Waals surface area contributed by atoms with Crippen LogP contribution in [0.3, 0.4) is 0 Å². The predicted molar refractivity (Wildman–Crippen MR) is 95.0 cm³/mol. The molecule has 0 unspecified atom stereocenters. The van der Waals surface area contributed by atoms with Gasteiger partial charge >= 0.3 is 5.97 Å². The van der Waals surface area contributed by atoms with Crippen LogP contribution < -0.4 is 14.4 Å². The number of hydrogen-bond donors (Lipinski definition) is 0. The van der Waals surface area contributed by atoms with Crippen molar-refractivity contribution in [2.75, 3.05) is 18.6 Å². The molecule has 1 amide bonds. The molecule has 0 saturated carbocycles. The lowest BCUT2D eigenvalue weighted by Gasteiger charge is -2.19. The lowest BCUT2D eigenvalue weighted by molar-refractivity contribution is -0.139. The third-order valence-electron chi connectivity index (χ3n) is 4.53. The first-order chi connectivity index (χ1) is 12.0. The van der Waals surface area contributed by atoms with E-state index < -0.39 is 5.92 Å². The molecule has 1 fully saturated rings. The Hall–Kier alpha value is -2.82. The average molecular weight is 339 g/mol. The van der Waals surface area contributed by atoms with Gasteiger partial charge in [0.1, 0.15) is 11.5 Å². The minimum Gasteiger partial charge on any atom is -0.495 e. The Morgan fingerprint density at radius 2 is 1.88 bits per heavy atom. The quantitative estimate of drug-likeness (QED) is 0.634. The second kappa shape index (κ2) is 6.97. The van der Waals surface area contributed by atoms with Crippen LogP contribution in [0.1, 0.15) is 17.5 Å². The van der Waals surface area contributed by atoms with Crippen LogP contribution in [0.4, 0.5) is 5.69 Å². The fourth-order valence-electron chi connectivity index (χ4n) is 2.93. The summed E-state index contributed by atoms with van der Waals surface area (Å²) >= 11 is 0. The van der Waals surface area contributed by atoms with E-state index in [9.17, 15) is 9.59 Å². The Bertz CT molecular complexity index is 815. The molecule has 1 atom stereocenters. The molecule has 0 aliphatic carbocycles. The maximum atomic E-state index is 12.5. The maximum Gasteiger partial charge on any atom is 0.316 e. The monoisotopic (exact) mass is 339 g/mol. The van der Waals surface area contributed by atoms with Crippen LogP contribution >= 0.6 is 0 Å². The highest BCUT2D eigenvalue weighted by Gasteiger charge is 2.37. The molecular formula is C20H21NO4. The maximum absolute atomic E-state index is 12.5. The molecule has 2 aromatic carbocycles. The Balaban J connectivity index is 1.73. The standard InChI is InChI=1S/C20H21NO4/c1-13-8-9-16(10-14(13)2)25-20(23)15-11-19(22)21(12-15)17-6-4-5-7-18(17)24-3/h4-10,15H,11-12H2,1-3H3/t15-/m1/s1. The number of carbonyl (C=O) groups is 2. The number of para-hydroxylation sites is 2. The summed E-state index contributed by atoms with van der Waals surface area (Å²) in [6.07, 6.45) is 0.141. The minimum absolute atomic E-state index is 0.105. The van der Waals surface area contributed by atoms with Gasteiger partial charge in [-0.2, -0.15) is 0 Å². The second-order valence-corrected chi connectivity index (χ2v) is 6.24. The molecule has 5 heteroatoms. The van der Waals surface area contributed by atoms with Crippen LogP contribution in [-0.4, -0.2) is 25.5 Å². The Morgan fingerprint density at radius 1 is 1.12 bits per heavy atom. The Morgan fingerprint density at radius 3 is 2.60 bits per heavy atom. The molecule has 1 aliphatic heterocycles. The summed E-state index contributed by atoms with van der Waals surface area (Å²) in [4.78, 5) is 26.4. The molecule has 25 heavy (non-hydrogen) atoms. The predicted octanol–water partition coefficient (Wildman–Crippen LogP) is 3.27. The third-order valence-corrected chi connectivity index (χ3v) is 4.53. The number of esters is 1. The van der Waals surface area contributed by atoms with Gasteiger partial charge in [-0.05, 0) is 49.2 Å². The molecule has 1 heterocycles. The molecule has 130 valence electrons. The fourth-order valence-corrected chi connectivity index (χ4v) is 2.93. The first-order valence-electron chi connectivity index (χ1n) is 8.22. The summed E-state index contributed by atoms with van der Waals surface area (Å²) in [5.74, 6) is 0.148. The van der Waals surface area contributed by atoms with Gasteiger partial charge in [-0.1, -0.05) is 18.2 Å². The van der Waals surface area contributed by atoms with Crippen LogP contribution in [-0.2, 0) is 9.59 Å². The molecule has 0 radical (unpaired) electrons. The summed E-state index contributed by atoms with van der Waals surface area (Å²) in [5.41, 5.74) is 2.87. The molecule has 5 nitrogen and oxygen atoms in total. The summed E-state index contributed by atoms with van der Waals surface area (Å²) in [5, 5.41) is 0. The highest BCUT2D eigenvalue weighted by Crippen LogP contribution is 2.33. The topological polar surface area (TPSA) is 55.8 Å². The van der Waals surface area contributed by atoms with Crippen LogP contribution in [0.25, 0.3) is 0 Å². The minimum atomic E-state index is -0.487. The molecule has 0 spiro atoms. The van der Waals surface area contributed by atoms with E-state index >= 15 is 0 Å². The summed E-state index contributed by atoms with van der Waals surface area (Å²) in [6, 6.07) is 12.8. The van der Waals surface area contributed by atoms with Crippen molar-refractivity contribution in [2.24, 2.45) is 5.92 Å². The molecule has 2 aromatic rings. The highest BCUT2D eigenvalue weighted by atomic mass is 16.5. The summed E-state index contributed by atoms with van der Waals surface area (Å²) in [7, 11) is 1.56. The van der Waals surface area contributed by atoms with Crippen LogP contribution in [0.5, 0.6) is 11.5 Å². The lowest BCUT2D eigenvalue weighted by Crippen LogP contribution is -2.27. The smallest absolute Gasteiger partial charge is 0.316 e. The van der Waals surface area contributed by atoms with Gasteiger partial charge in [0.2, 0.25) is 5.91 Å². The molecular weight excluding hydrogens is 318 g/mol. The van der Waals surface area contributed by atoms with E-state index in [1.807, 2.05) is 44.2 Å². The first kappa shape index (κ1) is 17.0. The van der Waals surface area contributed by atoms with Crippen molar-refractivity contribution >= 4 is 17.6 Å². The number of rotatable bonds is 4. The molecule has 3 rings (SSSR count). The SMILES string of the molecule is COc1ccccc1N1C[C@H](C(=O)Oc2ccc(C)c(C)c2)CC1=O. The Labute approximate surface area is 147 Å². The number of hydrogen-bond acceptors (Lipinski definition) is 4. The van der Waals surface area contributed by atoms with Crippen molar-refractivity contribution in [2.45, 2.75) is 20.3 Å². The number of carbonyl (C=O) groups excluding carboxylic acids is 2. The fraction of sp³-hybridized carbons (Fsp3) is 0.300. The average Bonchev–Trinajstić information content (AvgIpc) is 3.00. The van der Waals surface area contributed by atoms with Crippen LogP contribution in [0, 0.1) is 19.8 Å². The molecule has 1 saturated heterocycles. The van der Waals surface area contributed by atoms with E-state index in [2.05, 4.69) is 0 Å². The van der Waals surface area contributed by atoms with E-state index in [1.54, 1.807) is 24.1 Å². The van der Waals surface area contributed by atoms with E-state index in [-0.39, 0.29) is 18.3 Å². The number of amides is 1. The third kappa shape index (κ3) is 3.50. The van der Waals surface area contributed by atoms with E-state index in [0.29, 0.717) is 23.7 Å². The van der Waals surface area contributed by atoms with Gasteiger partial charge in [0, 0.05) is 13.0 Å². The van der Waals surface area contributed by atoms with Crippen LogP contribution in [0.2, 0.25) is 0 Å². The molecule has 0 bridgehead atoms. The lowest BCUT2D eigenvalue weighted by atomic mass is 10.1. The van der Waals surface area contributed by atoms with Crippen molar-refractivity contribution in [3.05, 3.63) is 53.6 Å². The second-order valence-electron chi connectivity index (χ2n) is 6.24. The van der Waals surface area contributed by atoms with Crippen molar-refractivity contribution in [1.82, 2.24) is 0 Å². The van der Waals surface area contributed by atoms with Crippen molar-refractivity contribution in [1.29, 1.82) is 0 Å². The molecule has 1 aliphatic rings. The Kier molecular flexibility index (Phi) is 4.74. The van der Waals surface area contributed by atoms with Gasteiger partial charge in [0.15, 0.2) is 0 Å². The molecule has 0 N–H and O–H groups in total. The number of benzene rings is 2. The van der Waals surface area contributed by atoms with E-state index in [1.165, 1.54) is 0 Å². The van der Waals surface area contributed by atoms with Gasteiger partial charge in [0.25, 0.3) is 0 Å². The van der Waals surface area contributed by atoms with E-state index in [0.717, 1.165) is 11.1 Å². The number of aryl methyl sites for hydroxylation is 2. The zero-order valence-corrected chi connectivity index (χ0v) is 14.6. The largest absolute Gasteiger partial charge is 0.495 e. The van der Waals surface area contributed by atoms with Gasteiger partial charge < -0.3 is 14.4 Å². The summed E-state index contributed by atoms with van der Waals surface area (Å²) < 4.78 is 10.8. The number of nitrogens with zero attached hydrogens (tertiary/aromatic N) is 1. The zero-order valence-electron chi connectivity index (χ0n) is 14.6. The normalized spacial score (nSPS) is 16.8. The first-order valence-corrected chi connectivity index (χ1v) is 8.22. The van der Waals surface area contributed by atoms with Gasteiger partial charge in [-0.25, -0.2) is 0 Å². The van der Waals surface area contributed by atoms with Crippen LogP contribution in [0.15, 0.2) is 42.5 Å². The van der Waals surface area contributed by atoms with Gasteiger partial charge in [0.05, 0.1) is 18.7 Å². The number of ether oxygens (including phenoxy) is 2. The molecule has 0 aromatic heterocycles. The zero-order chi connectivity index (χ0) is 18.0. The number of anilines is 1. The highest BCUT2D eigenvalue weighted by molar-refractivity contribution is 6.00. The van der Waals surface area contributed by atoms with Crippen molar-refractivity contribution in [3.8, 4) is 11.5 Å². The van der Waals surface area contributed by atoms with Gasteiger partial charge in [-0.3, -0.25) is 9.59 Å². The van der Waals surface area contributed by atoms with Crippen molar-refractivity contribution in [3.63, 3.8) is 0 Å². The number of methoxy groups -OCH3 is 1. The van der Waals surface area contributed by atoms with E-state index in [4.69, 9.17) is 9.47 Å². The van der Waals surface area contributed by atoms with Gasteiger partial charge in [-0.15, -0.1) is 0 Å². The summed E-state index contributed by atoms with van der Waals surface area (Å²) in [6.45, 7) is 4.26.